The van der Waals surface area contributed by atoms with Gasteiger partial charge in [-0.25, -0.2) is 4.99 Å². The summed E-state index contributed by atoms with van der Waals surface area (Å²) in [5, 5.41) is 3.33. The van der Waals surface area contributed by atoms with Crippen molar-refractivity contribution in [2.75, 3.05) is 6.54 Å². The third-order valence-electron chi connectivity index (χ3n) is 14.7. The van der Waals surface area contributed by atoms with Crippen LogP contribution in [0.4, 0.5) is 0 Å². The number of aliphatic imine (C=N–C) groups is 3. The molecule has 0 amide bonds. The van der Waals surface area contributed by atoms with E-state index in [1.54, 1.807) is 0 Å². The summed E-state index contributed by atoms with van der Waals surface area (Å²) in [7, 11) is 0. The molecule has 0 atom stereocenters. The second kappa shape index (κ2) is 17.2. The van der Waals surface area contributed by atoms with E-state index in [0.717, 1.165) is 62.6 Å². The molecular formula is C66H47N3O2. The first kappa shape index (κ1) is 42.2. The van der Waals surface area contributed by atoms with Crippen molar-refractivity contribution in [3.05, 3.63) is 257 Å². The number of aryl methyl sites for hydroxylation is 1. The van der Waals surface area contributed by atoms with Crippen molar-refractivity contribution in [1.29, 1.82) is 0 Å². The summed E-state index contributed by atoms with van der Waals surface area (Å²) >= 11 is 0. The van der Waals surface area contributed by atoms with E-state index in [-0.39, 0.29) is 5.41 Å². The van der Waals surface area contributed by atoms with Crippen LogP contribution in [0.2, 0.25) is 0 Å². The van der Waals surface area contributed by atoms with Crippen molar-refractivity contribution in [1.82, 2.24) is 0 Å². The molecule has 5 nitrogen and oxygen atoms in total. The van der Waals surface area contributed by atoms with Crippen LogP contribution < -0.4 is 0 Å². The van der Waals surface area contributed by atoms with Gasteiger partial charge < -0.3 is 8.83 Å². The van der Waals surface area contributed by atoms with Gasteiger partial charge in [-0.05, 0) is 128 Å². The number of fused-ring (bicyclic) bond motifs is 16. The van der Waals surface area contributed by atoms with Gasteiger partial charge in [0.05, 0.1) is 24.1 Å². The fraction of sp³-hybridized carbons (Fsp3) is 0.0758. The number of hydrogen-bond acceptors (Lipinski definition) is 4. The van der Waals surface area contributed by atoms with Gasteiger partial charge in [0.15, 0.2) is 5.84 Å². The van der Waals surface area contributed by atoms with Gasteiger partial charge in [0.25, 0.3) is 0 Å². The second-order valence-electron chi connectivity index (χ2n) is 18.5. The van der Waals surface area contributed by atoms with E-state index in [0.29, 0.717) is 18.9 Å². The monoisotopic (exact) mass is 913 g/mol. The van der Waals surface area contributed by atoms with Gasteiger partial charge in [-0.3, -0.25) is 9.98 Å². The van der Waals surface area contributed by atoms with Crippen LogP contribution in [-0.4, -0.2) is 25.8 Å². The highest BCUT2D eigenvalue weighted by atomic mass is 16.3. The van der Waals surface area contributed by atoms with Crippen LogP contribution in [0.25, 0.3) is 83.0 Å². The van der Waals surface area contributed by atoms with E-state index >= 15 is 0 Å². The van der Waals surface area contributed by atoms with Crippen molar-refractivity contribution < 1.29 is 8.83 Å². The molecule has 0 N–H and O–H groups in total. The zero-order valence-corrected chi connectivity index (χ0v) is 39.1. The van der Waals surface area contributed by atoms with Crippen LogP contribution in [0.15, 0.2) is 236 Å². The summed E-state index contributed by atoms with van der Waals surface area (Å²) < 4.78 is 12.4. The Morgan fingerprint density at radius 1 is 0.479 bits per heavy atom. The average molecular weight is 914 g/mol. The van der Waals surface area contributed by atoms with Crippen LogP contribution in [-0.2, 0) is 18.4 Å². The Labute approximate surface area is 412 Å². The van der Waals surface area contributed by atoms with Gasteiger partial charge in [0.1, 0.15) is 22.5 Å². The molecule has 11 aromatic rings. The number of para-hydroxylation sites is 2. The van der Waals surface area contributed by atoms with Crippen molar-refractivity contribution in [3.8, 4) is 44.5 Å². The molecule has 0 radical (unpaired) electrons. The number of amidine groups is 1. The molecule has 5 heteroatoms. The summed E-state index contributed by atoms with van der Waals surface area (Å²) in [6.45, 7) is 8.62. The lowest BCUT2D eigenvalue weighted by molar-refractivity contribution is 0.545. The quantitative estimate of drug-likeness (QED) is 0.118. The molecule has 338 valence electrons. The summed E-state index contributed by atoms with van der Waals surface area (Å²) in [5.41, 5.74) is 22.3. The van der Waals surface area contributed by atoms with E-state index < -0.39 is 0 Å². The van der Waals surface area contributed by atoms with Crippen molar-refractivity contribution >= 4 is 57.8 Å². The highest BCUT2D eigenvalue weighted by Gasteiger charge is 2.52. The molecule has 0 aliphatic heterocycles. The molecule has 0 fully saturated rings. The highest BCUT2D eigenvalue weighted by Crippen LogP contribution is 2.64. The molecule has 3 aliphatic rings. The Morgan fingerprint density at radius 3 is 1.89 bits per heavy atom. The van der Waals surface area contributed by atoms with Crippen molar-refractivity contribution in [3.63, 3.8) is 0 Å². The third-order valence-corrected chi connectivity index (χ3v) is 14.7. The number of nitrogens with zero attached hydrogens (tertiary/aromatic N) is 3. The molecule has 1 spiro atoms. The minimum Gasteiger partial charge on any atom is -0.460 e. The standard InChI is InChI=1S/C45H31NO.C21H16N2O/c1-46-27-31-13-9-22-42-43(31)36-26-29(23-24-41(36)47-42)28-11-8-12-30(25-28)32-17-10-21-40-44(32)35-16-4-7-20-39(35)45(40)37-18-5-2-14-33(37)34-15-3-6-19-38(34)45;1-22-21(23-14-15-8-3-2-4-9-15)18-12-7-11-17-16-10-5-6-13-19(16)24-20(17)18/h2-8,10-21,23-26H,1,9,22,27H2;2-13H,1,14H2. The lowest BCUT2D eigenvalue weighted by Gasteiger charge is -2.30. The molecule has 2 aromatic heterocycles. The summed E-state index contributed by atoms with van der Waals surface area (Å²) in [6.07, 6.45) is 4.20. The van der Waals surface area contributed by atoms with Gasteiger partial charge in [-0.15, -0.1) is 0 Å². The van der Waals surface area contributed by atoms with Crippen molar-refractivity contribution in [2.24, 2.45) is 15.0 Å². The minimum absolute atomic E-state index is 0.344. The van der Waals surface area contributed by atoms with Crippen molar-refractivity contribution in [2.45, 2.75) is 24.8 Å². The first-order valence-corrected chi connectivity index (χ1v) is 24.3. The number of hydrogen-bond donors (Lipinski definition) is 0. The van der Waals surface area contributed by atoms with E-state index in [9.17, 15) is 0 Å². The SMILES string of the molecule is C=NC(=NCc1ccccc1)c1cccc2c1oc1ccccc12.C=NCC1=CCCc2oc3ccc(-c4cccc(-c5cccc6c5-c5ccccc5C65c6ccccc6-c6ccccc65)c4)cc3c21. The lowest BCUT2D eigenvalue weighted by Crippen LogP contribution is -2.25. The van der Waals surface area contributed by atoms with Gasteiger partial charge in [-0.2, -0.15) is 0 Å². The summed E-state index contributed by atoms with van der Waals surface area (Å²) in [6, 6.07) is 73.8. The molecule has 14 rings (SSSR count). The van der Waals surface area contributed by atoms with Crippen LogP contribution in [0, 0.1) is 0 Å². The third kappa shape index (κ3) is 6.72. The van der Waals surface area contributed by atoms with E-state index in [1.807, 2.05) is 60.7 Å². The largest absolute Gasteiger partial charge is 0.460 e. The molecule has 3 aliphatic carbocycles. The number of allylic oxidation sites excluding steroid dienone is 1. The molecule has 0 saturated carbocycles. The average Bonchev–Trinajstić information content (AvgIpc) is 4.19. The number of rotatable bonds is 7. The Morgan fingerprint density at radius 2 is 1.10 bits per heavy atom. The Bertz CT molecular complexity index is 3950. The van der Waals surface area contributed by atoms with E-state index in [4.69, 9.17) is 8.83 Å². The Kier molecular flexibility index (Phi) is 10.2. The molecule has 9 aromatic carbocycles. The maximum atomic E-state index is 6.33. The van der Waals surface area contributed by atoms with Gasteiger partial charge in [0, 0.05) is 28.1 Å². The fourth-order valence-electron chi connectivity index (χ4n) is 11.7. The Balaban J connectivity index is 0.000000172. The molecule has 0 unspecified atom stereocenters. The van der Waals surface area contributed by atoms with E-state index in [2.05, 4.69) is 180 Å². The first-order chi connectivity index (χ1) is 35.1. The van der Waals surface area contributed by atoms with E-state index in [1.165, 1.54) is 77.9 Å². The number of benzene rings is 9. The topological polar surface area (TPSA) is 63.4 Å². The first-order valence-electron chi connectivity index (χ1n) is 24.3. The molecule has 0 bridgehead atoms. The summed E-state index contributed by atoms with van der Waals surface area (Å²) in [5.74, 6) is 1.66. The lowest BCUT2D eigenvalue weighted by atomic mass is 9.70. The second-order valence-corrected chi connectivity index (χ2v) is 18.5. The van der Waals surface area contributed by atoms with Crippen LogP contribution in [0.3, 0.4) is 0 Å². The molecule has 0 saturated heterocycles. The van der Waals surface area contributed by atoms with Gasteiger partial charge >= 0.3 is 0 Å². The highest BCUT2D eigenvalue weighted by molar-refractivity contribution is 6.15. The van der Waals surface area contributed by atoms with Crippen LogP contribution in [0.1, 0.15) is 51.1 Å². The zero-order valence-electron chi connectivity index (χ0n) is 39.1. The predicted octanol–water partition coefficient (Wildman–Crippen LogP) is 16.4. The van der Waals surface area contributed by atoms with Crippen LogP contribution in [0.5, 0.6) is 0 Å². The molecular weight excluding hydrogens is 867 g/mol. The fourth-order valence-corrected chi connectivity index (χ4v) is 11.7. The smallest absolute Gasteiger partial charge is 0.158 e. The van der Waals surface area contributed by atoms with Gasteiger partial charge in [0.2, 0.25) is 0 Å². The Hall–Kier alpha value is -8.93. The summed E-state index contributed by atoms with van der Waals surface area (Å²) in [4.78, 5) is 13.0. The van der Waals surface area contributed by atoms with Gasteiger partial charge in [-0.1, -0.05) is 182 Å². The maximum Gasteiger partial charge on any atom is 0.158 e. The van der Waals surface area contributed by atoms with Crippen LogP contribution >= 0.6 is 0 Å². The maximum absolute atomic E-state index is 6.33. The molecule has 71 heavy (non-hydrogen) atoms. The zero-order chi connectivity index (χ0) is 47.5. The number of furan rings is 2. The predicted molar refractivity (Wildman–Crippen MR) is 294 cm³/mol. The normalized spacial score (nSPS) is 13.7. The molecule has 2 heterocycles. The minimum atomic E-state index is -0.344.